The van der Waals surface area contributed by atoms with E-state index in [2.05, 4.69) is 10.3 Å². The topological polar surface area (TPSA) is 42.0 Å². The number of aromatic nitrogens is 1. The molecular formula is C16H14N2OS2. The maximum absolute atomic E-state index is 12.4. The minimum absolute atomic E-state index is 0.00104. The summed E-state index contributed by atoms with van der Waals surface area (Å²) in [4.78, 5) is 17.8. The minimum atomic E-state index is -0.157. The molecule has 1 N–H and O–H groups in total. The lowest BCUT2D eigenvalue weighted by molar-refractivity contribution is -0.117. The summed E-state index contributed by atoms with van der Waals surface area (Å²) < 4.78 is 0. The van der Waals surface area contributed by atoms with Gasteiger partial charge < -0.3 is 5.32 Å². The van der Waals surface area contributed by atoms with Crippen molar-refractivity contribution in [3.63, 3.8) is 0 Å². The molecule has 0 aliphatic carbocycles. The molecule has 2 aromatic heterocycles. The van der Waals surface area contributed by atoms with E-state index in [0.717, 1.165) is 21.1 Å². The van der Waals surface area contributed by atoms with Crippen LogP contribution >= 0.6 is 22.7 Å². The fourth-order valence-electron chi connectivity index (χ4n) is 2.02. The molecular weight excluding hydrogens is 300 g/mol. The predicted octanol–water partition coefficient (Wildman–Crippen LogP) is 4.61. The van der Waals surface area contributed by atoms with Crippen LogP contribution < -0.4 is 5.32 Å². The van der Waals surface area contributed by atoms with Crippen LogP contribution in [0.5, 0.6) is 0 Å². The van der Waals surface area contributed by atoms with Crippen LogP contribution in [-0.2, 0) is 4.79 Å². The van der Waals surface area contributed by atoms with E-state index in [9.17, 15) is 4.79 Å². The van der Waals surface area contributed by atoms with Crippen LogP contribution in [0, 0.1) is 0 Å². The number of nitrogens with one attached hydrogen (secondary N) is 1. The van der Waals surface area contributed by atoms with E-state index in [4.69, 9.17) is 0 Å². The number of anilines is 1. The molecule has 0 saturated heterocycles. The number of thiophene rings is 1. The largest absolute Gasteiger partial charge is 0.315 e. The van der Waals surface area contributed by atoms with Gasteiger partial charge in [-0.05, 0) is 18.4 Å². The zero-order chi connectivity index (χ0) is 14.7. The van der Waals surface area contributed by atoms with Crippen molar-refractivity contribution >= 4 is 33.6 Å². The molecule has 0 aliphatic rings. The predicted molar refractivity (Wildman–Crippen MR) is 88.9 cm³/mol. The number of carbonyl (C=O) groups is 1. The van der Waals surface area contributed by atoms with E-state index in [1.807, 2.05) is 54.8 Å². The van der Waals surface area contributed by atoms with Crippen molar-refractivity contribution in [1.29, 1.82) is 0 Å². The highest BCUT2D eigenvalue weighted by Crippen LogP contribution is 2.31. The van der Waals surface area contributed by atoms with E-state index < -0.39 is 0 Å². The van der Waals surface area contributed by atoms with Gasteiger partial charge in [-0.15, -0.1) is 22.7 Å². The first kappa shape index (κ1) is 14.0. The quantitative estimate of drug-likeness (QED) is 0.764. The van der Waals surface area contributed by atoms with Crippen LogP contribution in [0.2, 0.25) is 0 Å². The lowest BCUT2D eigenvalue weighted by Crippen LogP contribution is -2.17. The maximum atomic E-state index is 12.4. The summed E-state index contributed by atoms with van der Waals surface area (Å²) in [5, 5.41) is 5.79. The average molecular weight is 314 g/mol. The van der Waals surface area contributed by atoms with Crippen LogP contribution in [0.1, 0.15) is 17.7 Å². The second-order valence-electron chi connectivity index (χ2n) is 4.62. The molecule has 0 aliphatic heterocycles. The Morgan fingerprint density at radius 3 is 2.67 bits per heavy atom. The zero-order valence-electron chi connectivity index (χ0n) is 11.4. The van der Waals surface area contributed by atoms with Crippen molar-refractivity contribution in [2.24, 2.45) is 0 Å². The minimum Gasteiger partial charge on any atom is -0.315 e. The van der Waals surface area contributed by atoms with Crippen molar-refractivity contribution in [1.82, 2.24) is 4.98 Å². The number of hydrogen-bond donors (Lipinski definition) is 1. The van der Waals surface area contributed by atoms with Crippen LogP contribution in [0.25, 0.3) is 11.3 Å². The van der Waals surface area contributed by atoms with Gasteiger partial charge in [0.1, 0.15) is 10.7 Å². The molecule has 1 amide bonds. The van der Waals surface area contributed by atoms with E-state index in [1.165, 1.54) is 11.3 Å². The Kier molecular flexibility index (Phi) is 4.13. The van der Waals surface area contributed by atoms with E-state index in [-0.39, 0.29) is 11.8 Å². The van der Waals surface area contributed by atoms with Crippen molar-refractivity contribution < 1.29 is 4.79 Å². The molecule has 106 valence electrons. The van der Waals surface area contributed by atoms with Gasteiger partial charge in [0.15, 0.2) is 0 Å². The summed E-state index contributed by atoms with van der Waals surface area (Å²) >= 11 is 3.05. The zero-order valence-corrected chi connectivity index (χ0v) is 13.1. The highest BCUT2D eigenvalue weighted by atomic mass is 32.1. The van der Waals surface area contributed by atoms with E-state index in [1.54, 1.807) is 16.8 Å². The van der Waals surface area contributed by atoms with Crippen LogP contribution in [-0.4, -0.2) is 10.9 Å². The summed E-state index contributed by atoms with van der Waals surface area (Å²) in [7, 11) is 0. The monoisotopic (exact) mass is 314 g/mol. The smallest absolute Gasteiger partial charge is 0.233 e. The Morgan fingerprint density at radius 1 is 1.14 bits per heavy atom. The van der Waals surface area contributed by atoms with Crippen LogP contribution in [0.4, 0.5) is 5.00 Å². The number of nitrogens with zero attached hydrogens (tertiary/aromatic N) is 1. The molecule has 0 bridgehead atoms. The van der Waals surface area contributed by atoms with E-state index in [0.29, 0.717) is 0 Å². The van der Waals surface area contributed by atoms with Crippen molar-refractivity contribution in [3.05, 3.63) is 58.2 Å². The maximum Gasteiger partial charge on any atom is 0.233 e. The molecule has 21 heavy (non-hydrogen) atoms. The molecule has 0 unspecified atom stereocenters. The summed E-state index contributed by atoms with van der Waals surface area (Å²) in [5.74, 6) is -0.158. The fraction of sp³-hybridized carbons (Fsp3) is 0.125. The summed E-state index contributed by atoms with van der Waals surface area (Å²) in [6, 6.07) is 13.8. The number of amides is 1. The standard InChI is InChI=1S/C16H14N2OS2/c1-11(13-8-5-9-20-13)15(19)18-16-14(17-10-21-16)12-6-3-2-4-7-12/h2-11H,1H3,(H,18,19)/t11-/m1/s1. The van der Waals surface area contributed by atoms with Gasteiger partial charge in [-0.1, -0.05) is 36.4 Å². The third-order valence-corrected chi connectivity index (χ3v) is 5.01. The molecule has 1 aromatic carbocycles. The molecule has 0 spiro atoms. The number of hydrogen-bond acceptors (Lipinski definition) is 4. The number of carbonyl (C=O) groups excluding carboxylic acids is 1. The summed E-state index contributed by atoms with van der Waals surface area (Å²) in [5.41, 5.74) is 3.60. The SMILES string of the molecule is C[C@@H](C(=O)Nc1scnc1-c1ccccc1)c1cccs1. The first-order chi connectivity index (χ1) is 10.3. The Hall–Kier alpha value is -1.98. The van der Waals surface area contributed by atoms with Gasteiger partial charge in [-0.25, -0.2) is 4.98 Å². The molecule has 1 atom stereocenters. The van der Waals surface area contributed by atoms with E-state index >= 15 is 0 Å². The molecule has 5 heteroatoms. The molecule has 3 aromatic rings. The molecule has 3 rings (SSSR count). The Labute approximate surface area is 131 Å². The van der Waals surface area contributed by atoms with Crippen LogP contribution in [0.15, 0.2) is 53.4 Å². The number of benzene rings is 1. The molecule has 0 saturated carbocycles. The number of rotatable bonds is 4. The van der Waals surface area contributed by atoms with Gasteiger partial charge >= 0.3 is 0 Å². The van der Waals surface area contributed by atoms with Crippen molar-refractivity contribution in [2.45, 2.75) is 12.8 Å². The lowest BCUT2D eigenvalue weighted by atomic mass is 10.1. The second kappa shape index (κ2) is 6.20. The molecule has 0 fully saturated rings. The third kappa shape index (κ3) is 3.04. The highest BCUT2D eigenvalue weighted by Gasteiger charge is 2.19. The third-order valence-electron chi connectivity index (χ3n) is 3.21. The summed E-state index contributed by atoms with van der Waals surface area (Å²) in [6.45, 7) is 1.92. The highest BCUT2D eigenvalue weighted by molar-refractivity contribution is 7.14. The molecule has 0 radical (unpaired) electrons. The second-order valence-corrected chi connectivity index (χ2v) is 6.46. The Balaban J connectivity index is 1.80. The Morgan fingerprint density at radius 2 is 1.95 bits per heavy atom. The average Bonchev–Trinajstić information content (AvgIpc) is 3.19. The molecule has 2 heterocycles. The summed E-state index contributed by atoms with van der Waals surface area (Å²) in [6.07, 6.45) is 0. The van der Waals surface area contributed by atoms with Gasteiger partial charge in [-0.3, -0.25) is 4.79 Å². The lowest BCUT2D eigenvalue weighted by Gasteiger charge is -2.10. The first-order valence-electron chi connectivity index (χ1n) is 6.59. The van der Waals surface area contributed by atoms with Gasteiger partial charge in [0.25, 0.3) is 0 Å². The van der Waals surface area contributed by atoms with Gasteiger partial charge in [0.2, 0.25) is 5.91 Å². The normalized spacial score (nSPS) is 12.0. The van der Waals surface area contributed by atoms with Crippen molar-refractivity contribution in [2.75, 3.05) is 5.32 Å². The van der Waals surface area contributed by atoms with Gasteiger partial charge in [0, 0.05) is 10.4 Å². The first-order valence-corrected chi connectivity index (χ1v) is 8.35. The molecule has 3 nitrogen and oxygen atoms in total. The van der Waals surface area contributed by atoms with Gasteiger partial charge in [-0.2, -0.15) is 0 Å². The van der Waals surface area contributed by atoms with Crippen molar-refractivity contribution in [3.8, 4) is 11.3 Å². The Bertz CT molecular complexity index is 720. The van der Waals surface area contributed by atoms with Crippen LogP contribution in [0.3, 0.4) is 0 Å². The number of thiazole rings is 1. The van der Waals surface area contributed by atoms with Gasteiger partial charge in [0.05, 0.1) is 11.4 Å². The fourth-order valence-corrected chi connectivity index (χ4v) is 3.51.